The van der Waals surface area contributed by atoms with Crippen molar-refractivity contribution in [3.05, 3.63) is 23.0 Å². The largest absolute Gasteiger partial charge is 0.424 e. The fraction of sp³-hybridized carbons (Fsp3) is 0.400. The molecule has 0 spiro atoms. The second kappa shape index (κ2) is 3.56. The summed E-state index contributed by atoms with van der Waals surface area (Å²) in [7, 11) is 0. The molecule has 3 nitrogen and oxygen atoms in total. The summed E-state index contributed by atoms with van der Waals surface area (Å²) in [5.41, 5.74) is 2.64. The number of aromatic nitrogens is 1. The zero-order chi connectivity index (χ0) is 10.0. The average Bonchev–Trinajstić information content (AvgIpc) is 1.96. The van der Waals surface area contributed by atoms with Gasteiger partial charge in [-0.15, -0.1) is 0 Å². The number of pyridine rings is 1. The summed E-state index contributed by atoms with van der Waals surface area (Å²) < 4.78 is 5.03. The molecule has 3 heteroatoms. The first-order valence-electron chi connectivity index (χ1n) is 4.14. The summed E-state index contributed by atoms with van der Waals surface area (Å²) in [6.07, 6.45) is 0. The normalized spacial score (nSPS) is 9.85. The predicted octanol–water partition coefficient (Wildman–Crippen LogP) is 1.93. The third-order valence-electron chi connectivity index (χ3n) is 1.70. The van der Waals surface area contributed by atoms with Crippen LogP contribution in [0.15, 0.2) is 6.07 Å². The highest BCUT2D eigenvalue weighted by atomic mass is 16.5. The van der Waals surface area contributed by atoms with Crippen molar-refractivity contribution in [2.24, 2.45) is 0 Å². The van der Waals surface area contributed by atoms with Crippen LogP contribution >= 0.6 is 0 Å². The summed E-state index contributed by atoms with van der Waals surface area (Å²) in [5, 5.41) is 0. The highest BCUT2D eigenvalue weighted by Crippen LogP contribution is 2.21. The van der Waals surface area contributed by atoms with Crippen LogP contribution in [0.4, 0.5) is 0 Å². The van der Waals surface area contributed by atoms with Gasteiger partial charge in [0.05, 0.1) is 5.69 Å². The number of hydrogen-bond donors (Lipinski definition) is 0. The Hall–Kier alpha value is -1.38. The van der Waals surface area contributed by atoms with Crippen LogP contribution in [0.1, 0.15) is 23.9 Å². The minimum absolute atomic E-state index is 0.308. The van der Waals surface area contributed by atoms with Gasteiger partial charge in [0.15, 0.2) is 5.75 Å². The van der Waals surface area contributed by atoms with Crippen molar-refractivity contribution in [3.63, 3.8) is 0 Å². The molecule has 70 valence electrons. The molecule has 0 bridgehead atoms. The van der Waals surface area contributed by atoms with E-state index in [9.17, 15) is 4.79 Å². The maximum absolute atomic E-state index is 10.8. The zero-order valence-electron chi connectivity index (χ0n) is 8.34. The maximum Gasteiger partial charge on any atom is 0.308 e. The summed E-state index contributed by atoms with van der Waals surface area (Å²) in [6, 6.07) is 1.89. The SMILES string of the molecule is CC(=O)Oc1c(C)cc(C)nc1C. The van der Waals surface area contributed by atoms with Gasteiger partial charge >= 0.3 is 5.97 Å². The van der Waals surface area contributed by atoms with Crippen LogP contribution in [0.5, 0.6) is 5.75 Å². The summed E-state index contributed by atoms with van der Waals surface area (Å²) in [6.45, 7) is 7.04. The molecular formula is C10H13NO2. The van der Waals surface area contributed by atoms with Gasteiger partial charge in [-0.05, 0) is 32.4 Å². The number of carbonyl (C=O) groups excluding carboxylic acids is 1. The lowest BCUT2D eigenvalue weighted by Crippen LogP contribution is -2.05. The smallest absolute Gasteiger partial charge is 0.308 e. The number of aryl methyl sites for hydroxylation is 3. The van der Waals surface area contributed by atoms with E-state index in [2.05, 4.69) is 4.98 Å². The van der Waals surface area contributed by atoms with E-state index in [4.69, 9.17) is 4.74 Å². The molecule has 0 N–H and O–H groups in total. The molecule has 0 saturated heterocycles. The zero-order valence-corrected chi connectivity index (χ0v) is 8.34. The van der Waals surface area contributed by atoms with E-state index in [1.165, 1.54) is 6.92 Å². The second-order valence-electron chi connectivity index (χ2n) is 3.09. The summed E-state index contributed by atoms with van der Waals surface area (Å²) >= 11 is 0. The Morgan fingerprint density at radius 2 is 2.00 bits per heavy atom. The molecule has 13 heavy (non-hydrogen) atoms. The van der Waals surface area contributed by atoms with Gasteiger partial charge in [-0.25, -0.2) is 0 Å². The highest BCUT2D eigenvalue weighted by Gasteiger charge is 2.07. The van der Waals surface area contributed by atoms with E-state index in [0.717, 1.165) is 17.0 Å². The number of rotatable bonds is 1. The van der Waals surface area contributed by atoms with Gasteiger partial charge in [0.2, 0.25) is 0 Å². The fourth-order valence-electron chi connectivity index (χ4n) is 1.31. The van der Waals surface area contributed by atoms with Crippen molar-refractivity contribution in [3.8, 4) is 5.75 Å². The van der Waals surface area contributed by atoms with Crippen molar-refractivity contribution >= 4 is 5.97 Å². The quantitative estimate of drug-likeness (QED) is 0.618. The molecule has 1 aromatic heterocycles. The molecule has 0 radical (unpaired) electrons. The van der Waals surface area contributed by atoms with Crippen molar-refractivity contribution in [1.82, 2.24) is 4.98 Å². The highest BCUT2D eigenvalue weighted by molar-refractivity contribution is 5.70. The van der Waals surface area contributed by atoms with Crippen molar-refractivity contribution in [1.29, 1.82) is 0 Å². The third kappa shape index (κ3) is 2.28. The lowest BCUT2D eigenvalue weighted by Gasteiger charge is -2.08. The lowest BCUT2D eigenvalue weighted by molar-refractivity contribution is -0.132. The van der Waals surface area contributed by atoms with Gasteiger partial charge in [0.25, 0.3) is 0 Å². The summed E-state index contributed by atoms with van der Waals surface area (Å²) in [4.78, 5) is 15.0. The number of hydrogen-bond acceptors (Lipinski definition) is 3. The molecule has 0 atom stereocenters. The number of nitrogens with zero attached hydrogens (tertiary/aromatic N) is 1. The minimum atomic E-state index is -0.308. The van der Waals surface area contributed by atoms with Gasteiger partial charge in [-0.3, -0.25) is 9.78 Å². The summed E-state index contributed by atoms with van der Waals surface area (Å²) in [5.74, 6) is 0.273. The van der Waals surface area contributed by atoms with Crippen LogP contribution in [0, 0.1) is 20.8 Å². The number of carbonyl (C=O) groups is 1. The molecular weight excluding hydrogens is 166 g/mol. The standard InChI is InChI=1S/C10H13NO2/c1-6-5-7(2)11-8(3)10(6)13-9(4)12/h5H,1-4H3. The van der Waals surface area contributed by atoms with Gasteiger partial charge in [0.1, 0.15) is 0 Å². The van der Waals surface area contributed by atoms with E-state index in [0.29, 0.717) is 5.75 Å². The Morgan fingerprint density at radius 1 is 1.38 bits per heavy atom. The molecule has 0 aliphatic rings. The molecule has 0 aromatic carbocycles. The van der Waals surface area contributed by atoms with Gasteiger partial charge < -0.3 is 4.74 Å². The molecule has 0 saturated carbocycles. The molecule has 1 heterocycles. The van der Waals surface area contributed by atoms with Gasteiger partial charge in [-0.1, -0.05) is 0 Å². The monoisotopic (exact) mass is 179 g/mol. The van der Waals surface area contributed by atoms with Crippen LogP contribution < -0.4 is 4.74 Å². The second-order valence-corrected chi connectivity index (χ2v) is 3.09. The Bertz CT molecular complexity index is 322. The third-order valence-corrected chi connectivity index (χ3v) is 1.70. The first-order valence-corrected chi connectivity index (χ1v) is 4.14. The molecule has 0 aliphatic heterocycles. The van der Waals surface area contributed by atoms with Crippen LogP contribution in [-0.2, 0) is 4.79 Å². The fourth-order valence-corrected chi connectivity index (χ4v) is 1.31. The van der Waals surface area contributed by atoms with E-state index < -0.39 is 0 Å². The Kier molecular flexibility index (Phi) is 2.66. The Labute approximate surface area is 77.8 Å². The molecule has 0 fully saturated rings. The van der Waals surface area contributed by atoms with Crippen LogP contribution in [-0.4, -0.2) is 11.0 Å². The first-order chi connectivity index (χ1) is 6.00. The van der Waals surface area contributed by atoms with Crippen LogP contribution in [0.3, 0.4) is 0 Å². The van der Waals surface area contributed by atoms with Crippen LogP contribution in [0.2, 0.25) is 0 Å². The van der Waals surface area contributed by atoms with Crippen molar-refractivity contribution in [2.75, 3.05) is 0 Å². The Balaban J connectivity index is 3.13. The van der Waals surface area contributed by atoms with Crippen LogP contribution in [0.25, 0.3) is 0 Å². The minimum Gasteiger partial charge on any atom is -0.424 e. The van der Waals surface area contributed by atoms with Gasteiger partial charge in [0, 0.05) is 12.6 Å². The molecule has 0 amide bonds. The molecule has 0 unspecified atom stereocenters. The first kappa shape index (κ1) is 9.71. The topological polar surface area (TPSA) is 39.2 Å². The van der Waals surface area contributed by atoms with E-state index in [-0.39, 0.29) is 5.97 Å². The average molecular weight is 179 g/mol. The lowest BCUT2D eigenvalue weighted by atomic mass is 10.2. The maximum atomic E-state index is 10.8. The number of ether oxygens (including phenoxy) is 1. The number of esters is 1. The van der Waals surface area contributed by atoms with E-state index >= 15 is 0 Å². The molecule has 1 rings (SSSR count). The molecule has 0 aliphatic carbocycles. The van der Waals surface area contributed by atoms with Crippen molar-refractivity contribution < 1.29 is 9.53 Å². The molecule has 1 aromatic rings. The van der Waals surface area contributed by atoms with E-state index in [1.807, 2.05) is 26.8 Å². The van der Waals surface area contributed by atoms with E-state index in [1.54, 1.807) is 0 Å². The Morgan fingerprint density at radius 3 is 2.46 bits per heavy atom. The predicted molar refractivity (Wildman–Crippen MR) is 49.8 cm³/mol. The van der Waals surface area contributed by atoms with Crippen molar-refractivity contribution in [2.45, 2.75) is 27.7 Å². The van der Waals surface area contributed by atoms with Gasteiger partial charge in [-0.2, -0.15) is 0 Å².